The second-order valence-corrected chi connectivity index (χ2v) is 7.46. The van der Waals surface area contributed by atoms with Crippen LogP contribution in [0.3, 0.4) is 0 Å². The highest BCUT2D eigenvalue weighted by Crippen LogP contribution is 2.48. The highest BCUT2D eigenvalue weighted by molar-refractivity contribution is 7.53. The van der Waals surface area contributed by atoms with Gasteiger partial charge < -0.3 is 29.4 Å². The Bertz CT molecular complexity index is 793. The summed E-state index contributed by atoms with van der Waals surface area (Å²) in [6, 6.07) is 0. The molecule has 0 aliphatic carbocycles. The molecule has 2 aromatic rings. The summed E-state index contributed by atoms with van der Waals surface area (Å²) in [6.45, 7) is 3.87. The van der Waals surface area contributed by atoms with Gasteiger partial charge in [-0.15, -0.1) is 5.10 Å². The Hall–Kier alpha value is -1.69. The Kier molecular flexibility index (Phi) is 5.80. The quantitative estimate of drug-likeness (QED) is 0.612. The van der Waals surface area contributed by atoms with Crippen LogP contribution in [0.25, 0.3) is 11.2 Å². The van der Waals surface area contributed by atoms with E-state index in [2.05, 4.69) is 20.3 Å². The fourth-order valence-electron chi connectivity index (χ4n) is 2.58. The van der Waals surface area contributed by atoms with E-state index in [-0.39, 0.29) is 31.8 Å². The number of nitrogens with zero attached hydrogens (tertiary/aromatic N) is 5. The Balaban J connectivity index is 1.69. The Morgan fingerprint density at radius 2 is 2.12 bits per heavy atom. The summed E-state index contributed by atoms with van der Waals surface area (Å²) in [5.41, 5.74) is 6.37. The topological polar surface area (TPSA) is 157 Å². The zero-order valence-electron chi connectivity index (χ0n) is 14.4. The Morgan fingerprint density at radius 3 is 2.81 bits per heavy atom. The number of aromatic nitrogens is 5. The SMILES string of the molecule is CCOP(=O)(CO[C@@H]1C[C@@H](O)[C@H](n2nnc3c(N)ncnc32)O1)OCC. The van der Waals surface area contributed by atoms with Crippen LogP contribution in [0.1, 0.15) is 26.5 Å². The number of hydrogen-bond donors (Lipinski definition) is 2. The fourth-order valence-corrected chi connectivity index (χ4v) is 3.94. The number of nitrogen functional groups attached to an aromatic ring is 1. The zero-order valence-corrected chi connectivity index (χ0v) is 15.3. The van der Waals surface area contributed by atoms with Gasteiger partial charge in [-0.25, -0.2) is 9.97 Å². The lowest BCUT2D eigenvalue weighted by atomic mass is 10.2. The lowest BCUT2D eigenvalue weighted by Gasteiger charge is -2.19. The molecule has 0 amide bonds. The van der Waals surface area contributed by atoms with Crippen LogP contribution in [-0.2, 0) is 23.1 Å². The van der Waals surface area contributed by atoms with Gasteiger partial charge in [-0.2, -0.15) is 4.68 Å². The number of rotatable bonds is 8. The van der Waals surface area contributed by atoms with Gasteiger partial charge in [0.25, 0.3) is 0 Å². The standard InChI is InChI=1S/C13H21N6O6P/c1-3-23-26(21,24-4-2)7-22-9-5-8(20)13(25-9)19-12-10(17-18-19)11(14)15-6-16-12/h6,8-9,13,20H,3-5,7H2,1-2H3,(H2,14,15,16)/t8-,9+,13-/m1/s1. The molecule has 3 rings (SSSR count). The van der Waals surface area contributed by atoms with Crippen molar-refractivity contribution in [1.29, 1.82) is 0 Å². The number of hydrogen-bond acceptors (Lipinski definition) is 11. The first-order valence-electron chi connectivity index (χ1n) is 8.12. The van der Waals surface area contributed by atoms with Crippen molar-refractivity contribution in [3.05, 3.63) is 6.33 Å². The second kappa shape index (κ2) is 7.91. The minimum absolute atomic E-state index is 0.144. The van der Waals surface area contributed by atoms with Crippen molar-refractivity contribution in [1.82, 2.24) is 25.0 Å². The fraction of sp³-hybridized carbons (Fsp3) is 0.692. The summed E-state index contributed by atoms with van der Waals surface area (Å²) in [5, 5.41) is 18.1. The maximum Gasteiger partial charge on any atom is 0.356 e. The first-order valence-corrected chi connectivity index (χ1v) is 9.84. The highest BCUT2D eigenvalue weighted by atomic mass is 31.2. The van der Waals surface area contributed by atoms with Gasteiger partial charge in [-0.1, -0.05) is 5.21 Å². The van der Waals surface area contributed by atoms with Crippen LogP contribution >= 0.6 is 7.60 Å². The number of ether oxygens (including phenoxy) is 2. The van der Waals surface area contributed by atoms with E-state index in [4.69, 9.17) is 24.3 Å². The Morgan fingerprint density at radius 1 is 1.38 bits per heavy atom. The minimum atomic E-state index is -3.37. The molecule has 0 radical (unpaired) electrons. The third kappa shape index (κ3) is 3.85. The van der Waals surface area contributed by atoms with E-state index in [1.807, 2.05) is 0 Å². The molecule has 3 heterocycles. The minimum Gasteiger partial charge on any atom is -0.388 e. The smallest absolute Gasteiger partial charge is 0.356 e. The first-order chi connectivity index (χ1) is 12.5. The van der Waals surface area contributed by atoms with Crippen LogP contribution in [0.15, 0.2) is 6.33 Å². The lowest BCUT2D eigenvalue weighted by molar-refractivity contribution is -0.149. The molecular formula is C13H21N6O6P. The molecule has 3 atom stereocenters. The summed E-state index contributed by atoms with van der Waals surface area (Å²) in [4.78, 5) is 7.91. The van der Waals surface area contributed by atoms with Crippen molar-refractivity contribution >= 4 is 24.6 Å². The zero-order chi connectivity index (χ0) is 18.7. The summed E-state index contributed by atoms with van der Waals surface area (Å²) in [6.07, 6.45) is -1.50. The van der Waals surface area contributed by atoms with Gasteiger partial charge in [0.05, 0.1) is 13.2 Å². The molecule has 0 aromatic carbocycles. The molecule has 13 heteroatoms. The first kappa shape index (κ1) is 19.1. The number of aliphatic hydroxyl groups is 1. The van der Waals surface area contributed by atoms with Crippen molar-refractivity contribution in [3.63, 3.8) is 0 Å². The van der Waals surface area contributed by atoms with Crippen molar-refractivity contribution in [3.8, 4) is 0 Å². The predicted octanol–water partition coefficient (Wildman–Crippen LogP) is 0.650. The van der Waals surface area contributed by atoms with Crippen LogP contribution in [0.2, 0.25) is 0 Å². The molecule has 0 saturated carbocycles. The average molecular weight is 388 g/mol. The molecule has 144 valence electrons. The molecular weight excluding hydrogens is 367 g/mol. The summed E-state index contributed by atoms with van der Waals surface area (Å²) in [7, 11) is -3.37. The molecule has 0 spiro atoms. The molecule has 1 aliphatic rings. The third-order valence-corrected chi connectivity index (χ3v) is 5.42. The molecule has 0 bridgehead atoms. The van der Waals surface area contributed by atoms with Gasteiger partial charge in [0.2, 0.25) is 0 Å². The normalized spacial score (nSPS) is 23.7. The molecule has 26 heavy (non-hydrogen) atoms. The molecule has 0 unspecified atom stereocenters. The van der Waals surface area contributed by atoms with E-state index in [1.165, 1.54) is 11.0 Å². The monoisotopic (exact) mass is 388 g/mol. The van der Waals surface area contributed by atoms with Crippen LogP contribution in [0.4, 0.5) is 5.82 Å². The number of fused-ring (bicyclic) bond motifs is 1. The van der Waals surface area contributed by atoms with Crippen molar-refractivity contribution in [2.24, 2.45) is 0 Å². The van der Waals surface area contributed by atoms with Crippen LogP contribution in [0.5, 0.6) is 0 Å². The van der Waals surface area contributed by atoms with Gasteiger partial charge in [0, 0.05) is 6.42 Å². The van der Waals surface area contributed by atoms with Crippen LogP contribution in [0, 0.1) is 0 Å². The van der Waals surface area contributed by atoms with Crippen molar-refractivity contribution < 1.29 is 28.2 Å². The highest BCUT2D eigenvalue weighted by Gasteiger charge is 2.39. The number of aliphatic hydroxyl groups excluding tert-OH is 1. The maximum atomic E-state index is 12.4. The molecule has 3 N–H and O–H groups in total. The lowest BCUT2D eigenvalue weighted by Crippen LogP contribution is -2.21. The van der Waals surface area contributed by atoms with Gasteiger partial charge in [0.1, 0.15) is 12.4 Å². The van der Waals surface area contributed by atoms with Crippen LogP contribution in [-0.4, -0.2) is 62.0 Å². The maximum absolute atomic E-state index is 12.4. The molecule has 2 aromatic heterocycles. The summed E-state index contributed by atoms with van der Waals surface area (Å²) >= 11 is 0. The van der Waals surface area contributed by atoms with Gasteiger partial charge in [0.15, 0.2) is 35.8 Å². The van der Waals surface area contributed by atoms with E-state index in [0.29, 0.717) is 11.2 Å². The number of anilines is 1. The Labute approximate surface area is 149 Å². The van der Waals surface area contributed by atoms with Crippen LogP contribution < -0.4 is 5.73 Å². The van der Waals surface area contributed by atoms with E-state index >= 15 is 0 Å². The molecule has 1 aliphatic heterocycles. The number of nitrogens with two attached hydrogens (primary N) is 1. The molecule has 1 fully saturated rings. The van der Waals surface area contributed by atoms with E-state index < -0.39 is 26.2 Å². The average Bonchev–Trinajstić information content (AvgIpc) is 3.18. The largest absolute Gasteiger partial charge is 0.388 e. The second-order valence-electron chi connectivity index (χ2n) is 5.47. The van der Waals surface area contributed by atoms with Crippen molar-refractivity contribution in [2.45, 2.75) is 38.9 Å². The van der Waals surface area contributed by atoms with E-state index in [0.717, 1.165) is 0 Å². The summed E-state index contributed by atoms with van der Waals surface area (Å²) in [5.74, 6) is 0.177. The van der Waals surface area contributed by atoms with Gasteiger partial charge >= 0.3 is 7.60 Å². The van der Waals surface area contributed by atoms with E-state index in [1.54, 1.807) is 13.8 Å². The van der Waals surface area contributed by atoms with Gasteiger partial charge in [-0.3, -0.25) is 4.57 Å². The van der Waals surface area contributed by atoms with Gasteiger partial charge in [-0.05, 0) is 13.8 Å². The molecule has 12 nitrogen and oxygen atoms in total. The predicted molar refractivity (Wildman–Crippen MR) is 88.9 cm³/mol. The molecule has 1 saturated heterocycles. The summed E-state index contributed by atoms with van der Waals surface area (Å²) < 4.78 is 35.2. The third-order valence-electron chi connectivity index (χ3n) is 3.65. The van der Waals surface area contributed by atoms with E-state index in [9.17, 15) is 9.67 Å². The van der Waals surface area contributed by atoms with Crippen molar-refractivity contribution in [2.75, 3.05) is 25.3 Å².